The second-order valence-electron chi connectivity index (χ2n) is 7.94. The first kappa shape index (κ1) is 18.0. The van der Waals surface area contributed by atoms with Gasteiger partial charge in [0, 0.05) is 44.3 Å². The standard InChI is InChI=1S/C20H24N2O5/c1-13-2-4-16(5-3-13)22-9-14(8-17(22)23)18(24)21-10-15-11-27-7-6-20(15,12-21)19(25)26/h2-5,14-15H,6-12H2,1H3,(H,25,26)/t14?,15-,20+/m0/s1. The summed E-state index contributed by atoms with van der Waals surface area (Å²) >= 11 is 0. The largest absolute Gasteiger partial charge is 0.481 e. The van der Waals surface area contributed by atoms with Crippen LogP contribution in [0.5, 0.6) is 0 Å². The average molecular weight is 372 g/mol. The molecule has 3 aliphatic rings. The monoisotopic (exact) mass is 372 g/mol. The molecule has 0 bridgehead atoms. The molecule has 3 atom stereocenters. The third-order valence-electron chi connectivity index (χ3n) is 6.26. The molecule has 1 unspecified atom stereocenters. The highest BCUT2D eigenvalue weighted by Crippen LogP contribution is 2.43. The van der Waals surface area contributed by atoms with Crippen LogP contribution < -0.4 is 4.90 Å². The van der Waals surface area contributed by atoms with Gasteiger partial charge in [-0.25, -0.2) is 0 Å². The van der Waals surface area contributed by atoms with Crippen LogP contribution in [0, 0.1) is 24.2 Å². The summed E-state index contributed by atoms with van der Waals surface area (Å²) < 4.78 is 5.45. The van der Waals surface area contributed by atoms with E-state index in [1.807, 2.05) is 31.2 Å². The lowest BCUT2D eigenvalue weighted by Gasteiger charge is -2.33. The fourth-order valence-corrected chi connectivity index (χ4v) is 4.57. The number of carboxylic acid groups (broad SMARTS) is 1. The first-order valence-corrected chi connectivity index (χ1v) is 9.38. The number of ether oxygens (including phenoxy) is 1. The maximum Gasteiger partial charge on any atom is 0.311 e. The molecule has 7 nitrogen and oxygen atoms in total. The molecule has 7 heteroatoms. The quantitative estimate of drug-likeness (QED) is 0.864. The molecule has 144 valence electrons. The van der Waals surface area contributed by atoms with Gasteiger partial charge in [0.05, 0.1) is 17.9 Å². The highest BCUT2D eigenvalue weighted by atomic mass is 16.5. The lowest BCUT2D eigenvalue weighted by atomic mass is 9.74. The van der Waals surface area contributed by atoms with Crippen LogP contribution in [0.2, 0.25) is 0 Å². The highest BCUT2D eigenvalue weighted by molar-refractivity contribution is 6.00. The zero-order chi connectivity index (χ0) is 19.2. The molecule has 1 aromatic rings. The Bertz CT molecular complexity index is 777. The summed E-state index contributed by atoms with van der Waals surface area (Å²) in [4.78, 5) is 40.7. The Morgan fingerprint density at radius 1 is 1.22 bits per heavy atom. The van der Waals surface area contributed by atoms with E-state index >= 15 is 0 Å². The number of hydrogen-bond donors (Lipinski definition) is 1. The van der Waals surface area contributed by atoms with Gasteiger partial charge < -0.3 is 19.6 Å². The van der Waals surface area contributed by atoms with Crippen molar-refractivity contribution in [2.45, 2.75) is 19.8 Å². The molecule has 2 amide bonds. The molecule has 3 fully saturated rings. The minimum Gasteiger partial charge on any atom is -0.481 e. The van der Waals surface area contributed by atoms with E-state index in [1.165, 1.54) is 0 Å². The number of carbonyl (C=O) groups excluding carboxylic acids is 2. The van der Waals surface area contributed by atoms with Gasteiger partial charge in [0.25, 0.3) is 0 Å². The van der Waals surface area contributed by atoms with Gasteiger partial charge in [-0.05, 0) is 25.5 Å². The van der Waals surface area contributed by atoms with Crippen molar-refractivity contribution < 1.29 is 24.2 Å². The number of anilines is 1. The van der Waals surface area contributed by atoms with Crippen molar-refractivity contribution in [2.75, 3.05) is 37.7 Å². The third-order valence-corrected chi connectivity index (χ3v) is 6.26. The first-order chi connectivity index (χ1) is 12.9. The molecule has 0 aliphatic carbocycles. The fourth-order valence-electron chi connectivity index (χ4n) is 4.57. The van der Waals surface area contributed by atoms with E-state index in [0.717, 1.165) is 11.3 Å². The molecule has 0 spiro atoms. The van der Waals surface area contributed by atoms with E-state index in [0.29, 0.717) is 32.7 Å². The van der Waals surface area contributed by atoms with Crippen LogP contribution in [0.1, 0.15) is 18.4 Å². The summed E-state index contributed by atoms with van der Waals surface area (Å²) in [6, 6.07) is 7.67. The van der Waals surface area contributed by atoms with E-state index in [2.05, 4.69) is 0 Å². The van der Waals surface area contributed by atoms with Gasteiger partial charge in [0.1, 0.15) is 0 Å². The summed E-state index contributed by atoms with van der Waals surface area (Å²) in [6.45, 7) is 3.71. The molecule has 27 heavy (non-hydrogen) atoms. The third kappa shape index (κ3) is 3.00. The Kier molecular flexibility index (Phi) is 4.42. The van der Waals surface area contributed by atoms with Crippen LogP contribution in [0.25, 0.3) is 0 Å². The second kappa shape index (κ2) is 6.64. The minimum atomic E-state index is -0.910. The van der Waals surface area contributed by atoms with Gasteiger partial charge in [-0.3, -0.25) is 14.4 Å². The Morgan fingerprint density at radius 2 is 1.96 bits per heavy atom. The van der Waals surface area contributed by atoms with E-state index in [4.69, 9.17) is 4.74 Å². The minimum absolute atomic E-state index is 0.0647. The molecule has 1 N–H and O–H groups in total. The van der Waals surface area contributed by atoms with Crippen molar-refractivity contribution in [1.82, 2.24) is 4.90 Å². The lowest BCUT2D eigenvalue weighted by Crippen LogP contribution is -2.45. The molecule has 3 aliphatic heterocycles. The number of hydrogen-bond acceptors (Lipinski definition) is 4. The fraction of sp³-hybridized carbons (Fsp3) is 0.550. The zero-order valence-electron chi connectivity index (χ0n) is 15.4. The number of benzene rings is 1. The Morgan fingerprint density at radius 3 is 2.63 bits per heavy atom. The lowest BCUT2D eigenvalue weighted by molar-refractivity contribution is -0.157. The van der Waals surface area contributed by atoms with E-state index in [-0.39, 0.29) is 30.7 Å². The summed E-state index contributed by atoms with van der Waals surface area (Å²) in [7, 11) is 0. The summed E-state index contributed by atoms with van der Waals surface area (Å²) in [6.07, 6.45) is 0.598. The van der Waals surface area contributed by atoms with Crippen LogP contribution >= 0.6 is 0 Å². The number of aryl methyl sites for hydroxylation is 1. The summed E-state index contributed by atoms with van der Waals surface area (Å²) in [5, 5.41) is 9.76. The van der Waals surface area contributed by atoms with Crippen LogP contribution in [-0.2, 0) is 19.1 Å². The summed E-state index contributed by atoms with van der Waals surface area (Å²) in [5.74, 6) is -1.64. The predicted octanol–water partition coefficient (Wildman–Crippen LogP) is 1.30. The number of aliphatic carboxylic acids is 1. The molecule has 0 radical (unpaired) electrons. The van der Waals surface area contributed by atoms with Gasteiger partial charge in [0.2, 0.25) is 11.8 Å². The number of carbonyl (C=O) groups is 3. The number of carboxylic acids is 1. The van der Waals surface area contributed by atoms with Gasteiger partial charge >= 0.3 is 5.97 Å². The smallest absolute Gasteiger partial charge is 0.311 e. The van der Waals surface area contributed by atoms with Gasteiger partial charge in [-0.2, -0.15) is 0 Å². The SMILES string of the molecule is Cc1ccc(N2CC(C(=O)N3C[C@H]4COCC[C@@]4(C(=O)O)C3)CC2=O)cc1. The van der Waals surface area contributed by atoms with Crippen molar-refractivity contribution in [3.05, 3.63) is 29.8 Å². The highest BCUT2D eigenvalue weighted by Gasteiger charge is 2.55. The van der Waals surface area contributed by atoms with Crippen molar-refractivity contribution in [2.24, 2.45) is 17.3 Å². The maximum absolute atomic E-state index is 13.0. The predicted molar refractivity (Wildman–Crippen MR) is 97.2 cm³/mol. The van der Waals surface area contributed by atoms with Gasteiger partial charge in [0.15, 0.2) is 0 Å². The topological polar surface area (TPSA) is 87.2 Å². The summed E-state index contributed by atoms with van der Waals surface area (Å²) in [5.41, 5.74) is 0.998. The average Bonchev–Trinajstić information content (AvgIpc) is 3.23. The normalized spacial score (nSPS) is 30.5. The molecular formula is C20H24N2O5. The number of rotatable bonds is 3. The van der Waals surface area contributed by atoms with Crippen LogP contribution in [0.3, 0.4) is 0 Å². The Hall–Kier alpha value is -2.41. The van der Waals surface area contributed by atoms with Crippen molar-refractivity contribution in [3.8, 4) is 0 Å². The first-order valence-electron chi connectivity index (χ1n) is 9.38. The number of amides is 2. The molecule has 0 saturated carbocycles. The van der Waals surface area contributed by atoms with Crippen molar-refractivity contribution >= 4 is 23.5 Å². The molecule has 4 rings (SSSR count). The zero-order valence-corrected chi connectivity index (χ0v) is 15.4. The van der Waals surface area contributed by atoms with Gasteiger partial charge in [-0.1, -0.05) is 17.7 Å². The van der Waals surface area contributed by atoms with Crippen LogP contribution in [-0.4, -0.2) is 60.6 Å². The molecular weight excluding hydrogens is 348 g/mol. The molecule has 3 heterocycles. The van der Waals surface area contributed by atoms with E-state index in [9.17, 15) is 19.5 Å². The second-order valence-corrected chi connectivity index (χ2v) is 7.94. The van der Waals surface area contributed by atoms with Crippen molar-refractivity contribution in [3.63, 3.8) is 0 Å². The van der Waals surface area contributed by atoms with E-state index < -0.39 is 17.3 Å². The number of nitrogens with zero attached hydrogens (tertiary/aromatic N) is 2. The van der Waals surface area contributed by atoms with Gasteiger partial charge in [-0.15, -0.1) is 0 Å². The Balaban J connectivity index is 1.48. The molecule has 3 saturated heterocycles. The number of fused-ring (bicyclic) bond motifs is 1. The Labute approximate surface area is 157 Å². The molecule has 1 aromatic carbocycles. The maximum atomic E-state index is 13.0. The molecule has 0 aromatic heterocycles. The van der Waals surface area contributed by atoms with Crippen LogP contribution in [0.4, 0.5) is 5.69 Å². The number of likely N-dealkylation sites (tertiary alicyclic amines) is 1. The van der Waals surface area contributed by atoms with Crippen LogP contribution in [0.15, 0.2) is 24.3 Å². The van der Waals surface area contributed by atoms with Crippen molar-refractivity contribution in [1.29, 1.82) is 0 Å². The van der Waals surface area contributed by atoms with E-state index in [1.54, 1.807) is 9.80 Å².